The van der Waals surface area contributed by atoms with Crippen LogP contribution in [0.15, 0.2) is 239 Å². The molecule has 0 fully saturated rings. The first-order valence-electron chi connectivity index (χ1n) is 34.0. The van der Waals surface area contributed by atoms with Crippen LogP contribution in [0.5, 0.6) is 0 Å². The summed E-state index contributed by atoms with van der Waals surface area (Å²) >= 11 is 7.56. The highest BCUT2D eigenvalue weighted by atomic mass is 79.9. The Morgan fingerprint density at radius 3 is 1.00 bits per heavy atom. The van der Waals surface area contributed by atoms with Crippen molar-refractivity contribution in [1.29, 1.82) is 0 Å². The minimum absolute atomic E-state index is 0.0263. The molecule has 0 N–H and O–H groups in total. The number of benzene rings is 10. The quantitative estimate of drug-likeness (QED) is 0.0474. The summed E-state index contributed by atoms with van der Waals surface area (Å²) in [7, 11) is 0. The van der Waals surface area contributed by atoms with Gasteiger partial charge in [0.2, 0.25) is 0 Å². The Bertz CT molecular complexity index is 4070. The van der Waals surface area contributed by atoms with Crippen molar-refractivity contribution in [3.8, 4) is 44.5 Å². The van der Waals surface area contributed by atoms with E-state index in [0.717, 1.165) is 31.7 Å². The second-order valence-electron chi connectivity index (χ2n) is 26.4. The van der Waals surface area contributed by atoms with Gasteiger partial charge in [0, 0.05) is 59.3 Å². The van der Waals surface area contributed by atoms with Gasteiger partial charge in [0.1, 0.15) is 0 Å². The zero-order valence-electron chi connectivity index (χ0n) is 54.1. The normalized spacial score (nSPS) is 14.4. The lowest BCUT2D eigenvalue weighted by atomic mass is 9.70. The standard InChI is InChI=1S/C86H90Br2N2/c1-7-11-15-23-55-86(54-22-14-10-4)81-39-19-17-37-77(81)79-51-49-75(61-83(79)86)90(73-35-27-31-65(59-73)63-29-25-33-69(88)57-63)71-46-42-67(43-47-71)84(5,6)66-40-44-70(45-41-66)89(72-34-26-30-64(58-72)62-28-24-32-68(87)56-62)74-48-50-78-76-36-16-18-38-80(76)85(82(78)60-74,52-20-12-8-2)53-21-13-9-3/h16-19,24-51,56-61H,7-15,20-23,52-55H2,1-6H3. The Balaban J connectivity index is 0.930. The fraction of sp³-hybridized carbons (Fsp3) is 0.302. The van der Waals surface area contributed by atoms with Crippen molar-refractivity contribution in [3.63, 3.8) is 0 Å². The number of hydrogen-bond acceptors (Lipinski definition) is 2. The molecule has 0 radical (unpaired) electrons. The van der Waals surface area contributed by atoms with Crippen molar-refractivity contribution in [3.05, 3.63) is 273 Å². The molecular formula is C86H90Br2N2. The van der Waals surface area contributed by atoms with E-state index in [-0.39, 0.29) is 16.2 Å². The number of rotatable bonds is 27. The van der Waals surface area contributed by atoms with Gasteiger partial charge in [0.05, 0.1) is 0 Å². The predicted octanol–water partition coefficient (Wildman–Crippen LogP) is 27.1. The molecular weight excluding hydrogens is 1220 g/mol. The average molecular weight is 1310 g/mol. The maximum absolute atomic E-state index is 3.78. The molecule has 1 unspecified atom stereocenters. The molecule has 0 bridgehead atoms. The van der Waals surface area contributed by atoms with Crippen LogP contribution in [0.4, 0.5) is 34.1 Å². The van der Waals surface area contributed by atoms with E-state index in [1.165, 1.54) is 198 Å². The number of unbranched alkanes of at least 4 members (excludes halogenated alkanes) is 9. The minimum Gasteiger partial charge on any atom is -0.310 e. The van der Waals surface area contributed by atoms with Crippen LogP contribution >= 0.6 is 31.9 Å². The van der Waals surface area contributed by atoms with E-state index in [1.54, 1.807) is 0 Å². The summed E-state index contributed by atoms with van der Waals surface area (Å²) < 4.78 is 2.16. The van der Waals surface area contributed by atoms with Crippen molar-refractivity contribution < 1.29 is 0 Å². The monoisotopic (exact) mass is 1310 g/mol. The zero-order chi connectivity index (χ0) is 62.2. The zero-order valence-corrected chi connectivity index (χ0v) is 57.3. The van der Waals surface area contributed by atoms with Gasteiger partial charge in [-0.25, -0.2) is 0 Å². The SMILES string of the molecule is CCCCCCC1(CCCCC)c2ccccc2-c2ccc(N(c3ccc(C(C)(C)c4ccc(N(c5cccc(-c6cccc(Br)c6)c5)c5ccc6c(c5)C(CCCCC)(CCCCC)c5ccccc5-6)cc4)cc3)c3cccc(-c4cccc(Br)c4)c3)cc21. The molecule has 1 atom stereocenters. The molecule has 458 valence electrons. The van der Waals surface area contributed by atoms with E-state index in [1.807, 2.05) is 0 Å². The van der Waals surface area contributed by atoms with Crippen LogP contribution in [0, 0.1) is 0 Å². The summed E-state index contributed by atoms with van der Waals surface area (Å²) in [6.45, 7) is 14.1. The highest BCUT2D eigenvalue weighted by molar-refractivity contribution is 9.10. The Hall–Kier alpha value is -7.24. The molecule has 2 aliphatic carbocycles. The van der Waals surface area contributed by atoms with Gasteiger partial charge in [-0.1, -0.05) is 290 Å². The summed E-state index contributed by atoms with van der Waals surface area (Å²) in [6.07, 6.45) is 20.8. The molecule has 0 aromatic heterocycles. The van der Waals surface area contributed by atoms with Gasteiger partial charge in [-0.2, -0.15) is 0 Å². The lowest BCUT2D eigenvalue weighted by Gasteiger charge is -2.34. The second-order valence-corrected chi connectivity index (χ2v) is 28.2. The van der Waals surface area contributed by atoms with Crippen molar-refractivity contribution >= 4 is 66.0 Å². The van der Waals surface area contributed by atoms with E-state index in [9.17, 15) is 0 Å². The average Bonchev–Trinajstić information content (AvgIpc) is 1.57. The van der Waals surface area contributed by atoms with Gasteiger partial charge in [0.25, 0.3) is 0 Å². The van der Waals surface area contributed by atoms with Crippen molar-refractivity contribution in [2.45, 2.75) is 167 Å². The first-order valence-corrected chi connectivity index (χ1v) is 35.6. The molecule has 0 heterocycles. The fourth-order valence-corrected chi connectivity index (χ4v) is 16.3. The van der Waals surface area contributed by atoms with Crippen molar-refractivity contribution in [1.82, 2.24) is 0 Å². The van der Waals surface area contributed by atoms with Crippen LogP contribution in [-0.2, 0) is 16.2 Å². The van der Waals surface area contributed by atoms with E-state index < -0.39 is 0 Å². The molecule has 2 nitrogen and oxygen atoms in total. The number of nitrogens with zero attached hydrogens (tertiary/aromatic N) is 2. The Morgan fingerprint density at radius 2 is 0.611 bits per heavy atom. The van der Waals surface area contributed by atoms with Crippen LogP contribution in [0.1, 0.15) is 184 Å². The van der Waals surface area contributed by atoms with Crippen LogP contribution in [0.2, 0.25) is 0 Å². The van der Waals surface area contributed by atoms with Crippen LogP contribution < -0.4 is 9.80 Å². The minimum atomic E-state index is -0.306. The maximum atomic E-state index is 3.78. The second kappa shape index (κ2) is 28.1. The molecule has 0 saturated carbocycles. The van der Waals surface area contributed by atoms with Crippen LogP contribution in [-0.4, -0.2) is 0 Å². The Labute approximate surface area is 556 Å². The predicted molar refractivity (Wildman–Crippen MR) is 394 cm³/mol. The largest absolute Gasteiger partial charge is 0.310 e. The Kier molecular flexibility index (Phi) is 19.6. The lowest BCUT2D eigenvalue weighted by molar-refractivity contribution is 0.403. The smallest absolute Gasteiger partial charge is 0.0467 e. The van der Waals surface area contributed by atoms with E-state index in [0.29, 0.717) is 0 Å². The summed E-state index contributed by atoms with van der Waals surface area (Å²) in [5.74, 6) is 0. The van der Waals surface area contributed by atoms with Gasteiger partial charge in [-0.05, 0) is 201 Å². The lowest BCUT2D eigenvalue weighted by Crippen LogP contribution is -2.26. The fourth-order valence-electron chi connectivity index (χ4n) is 15.5. The van der Waals surface area contributed by atoms with E-state index in [4.69, 9.17) is 0 Å². The van der Waals surface area contributed by atoms with Gasteiger partial charge in [0.15, 0.2) is 0 Å². The van der Waals surface area contributed by atoms with Crippen LogP contribution in [0.25, 0.3) is 44.5 Å². The number of anilines is 6. The maximum Gasteiger partial charge on any atom is 0.0467 e. The van der Waals surface area contributed by atoms with Crippen LogP contribution in [0.3, 0.4) is 0 Å². The molecule has 0 saturated heterocycles. The molecule has 0 aliphatic heterocycles. The highest BCUT2D eigenvalue weighted by Crippen LogP contribution is 2.58. The van der Waals surface area contributed by atoms with Gasteiger partial charge in [-0.3, -0.25) is 0 Å². The summed E-state index contributed by atoms with van der Waals surface area (Å²) in [6, 6.07) is 88.2. The molecule has 0 amide bonds. The molecule has 10 aromatic rings. The molecule has 0 spiro atoms. The van der Waals surface area contributed by atoms with E-state index in [2.05, 4.69) is 314 Å². The number of fused-ring (bicyclic) bond motifs is 6. The third-order valence-corrected chi connectivity index (χ3v) is 21.3. The third-order valence-electron chi connectivity index (χ3n) is 20.3. The molecule has 2 aliphatic rings. The van der Waals surface area contributed by atoms with Gasteiger partial charge < -0.3 is 9.80 Å². The first kappa shape index (κ1) is 62.9. The topological polar surface area (TPSA) is 6.48 Å². The first-order chi connectivity index (χ1) is 44.0. The third kappa shape index (κ3) is 12.6. The number of halogens is 2. The number of hydrogen-bond donors (Lipinski definition) is 0. The molecule has 90 heavy (non-hydrogen) atoms. The van der Waals surface area contributed by atoms with Crippen molar-refractivity contribution in [2.24, 2.45) is 0 Å². The highest BCUT2D eigenvalue weighted by Gasteiger charge is 2.44. The summed E-state index contributed by atoms with van der Waals surface area (Å²) in [5.41, 5.74) is 25.6. The van der Waals surface area contributed by atoms with Crippen molar-refractivity contribution in [2.75, 3.05) is 9.80 Å². The summed E-state index contributed by atoms with van der Waals surface area (Å²) in [4.78, 5) is 5.03. The Morgan fingerprint density at radius 1 is 0.289 bits per heavy atom. The van der Waals surface area contributed by atoms with E-state index >= 15 is 0 Å². The molecule has 4 heteroatoms. The molecule has 12 rings (SSSR count). The summed E-state index contributed by atoms with van der Waals surface area (Å²) in [5, 5.41) is 0. The molecule has 10 aromatic carbocycles. The van der Waals surface area contributed by atoms with Gasteiger partial charge >= 0.3 is 0 Å². The van der Waals surface area contributed by atoms with Gasteiger partial charge in [-0.15, -0.1) is 0 Å².